The van der Waals surface area contributed by atoms with E-state index >= 15 is 0 Å². The first-order valence-corrected chi connectivity index (χ1v) is 7.67. The number of rotatable bonds is 3. The van der Waals surface area contributed by atoms with Gasteiger partial charge in [-0.05, 0) is 29.5 Å². The van der Waals surface area contributed by atoms with E-state index in [-0.39, 0.29) is 5.91 Å². The van der Waals surface area contributed by atoms with E-state index in [2.05, 4.69) is 0 Å². The molecule has 1 amide bonds. The third-order valence-electron chi connectivity index (χ3n) is 3.76. The highest BCUT2D eigenvalue weighted by Crippen LogP contribution is 2.34. The molecule has 6 heteroatoms. The van der Waals surface area contributed by atoms with Gasteiger partial charge >= 0.3 is 5.97 Å². The Hall–Kier alpha value is -2.08. The van der Waals surface area contributed by atoms with E-state index in [0.717, 1.165) is 10.4 Å². The number of thiophene rings is 1. The highest BCUT2D eigenvalue weighted by atomic mass is 32.1. The van der Waals surface area contributed by atoms with Gasteiger partial charge in [-0.1, -0.05) is 6.92 Å². The number of aryl methyl sites for hydroxylation is 1. The van der Waals surface area contributed by atoms with Crippen LogP contribution in [-0.2, 0) is 17.6 Å². The first-order chi connectivity index (χ1) is 10.1. The second kappa shape index (κ2) is 5.37. The van der Waals surface area contributed by atoms with Crippen molar-refractivity contribution in [3.63, 3.8) is 0 Å². The van der Waals surface area contributed by atoms with Gasteiger partial charge in [0.05, 0.1) is 11.8 Å². The van der Waals surface area contributed by atoms with Crippen LogP contribution in [0.2, 0.25) is 0 Å². The van der Waals surface area contributed by atoms with E-state index in [0.29, 0.717) is 30.7 Å². The van der Waals surface area contributed by atoms with Gasteiger partial charge in [0.1, 0.15) is 5.76 Å². The summed E-state index contributed by atoms with van der Waals surface area (Å²) in [6.07, 6.45) is 2.77. The molecular formula is C15H15NO4S. The summed E-state index contributed by atoms with van der Waals surface area (Å²) < 4.78 is 5.28. The molecule has 1 N–H and O–H groups in total. The number of carbonyl (C=O) groups is 2. The Kier molecular flexibility index (Phi) is 3.55. The number of hydrogen-bond donors (Lipinski definition) is 1. The summed E-state index contributed by atoms with van der Waals surface area (Å²) in [4.78, 5) is 26.8. The Morgan fingerprint density at radius 1 is 1.48 bits per heavy atom. The van der Waals surface area contributed by atoms with Gasteiger partial charge in [0.25, 0.3) is 5.91 Å². The number of nitrogens with zero attached hydrogens (tertiary/aromatic N) is 1. The smallest absolute Gasteiger partial charge is 0.331 e. The maximum atomic E-state index is 12.7. The van der Waals surface area contributed by atoms with E-state index in [1.165, 1.54) is 11.2 Å². The van der Waals surface area contributed by atoms with Crippen LogP contribution in [0.15, 0.2) is 28.2 Å². The Morgan fingerprint density at radius 3 is 3.00 bits per heavy atom. The maximum absolute atomic E-state index is 12.7. The van der Waals surface area contributed by atoms with Crippen LogP contribution in [0, 0.1) is 0 Å². The molecule has 0 bridgehead atoms. The van der Waals surface area contributed by atoms with Crippen LogP contribution >= 0.6 is 11.3 Å². The quantitative estimate of drug-likeness (QED) is 0.946. The molecule has 3 heterocycles. The zero-order valence-electron chi connectivity index (χ0n) is 11.5. The maximum Gasteiger partial charge on any atom is 0.331 e. The first kappa shape index (κ1) is 13.9. The summed E-state index contributed by atoms with van der Waals surface area (Å²) in [5.74, 6) is -0.672. The van der Waals surface area contributed by atoms with Crippen LogP contribution in [0.5, 0.6) is 0 Å². The van der Waals surface area contributed by atoms with Crippen molar-refractivity contribution in [2.75, 3.05) is 6.54 Å². The summed E-state index contributed by atoms with van der Waals surface area (Å²) in [5, 5.41) is 11.4. The molecule has 110 valence electrons. The van der Waals surface area contributed by atoms with Crippen LogP contribution in [0.4, 0.5) is 0 Å². The third-order valence-corrected chi connectivity index (χ3v) is 4.75. The van der Waals surface area contributed by atoms with E-state index < -0.39 is 12.0 Å². The van der Waals surface area contributed by atoms with E-state index in [1.807, 2.05) is 12.3 Å². The van der Waals surface area contributed by atoms with Crippen LogP contribution < -0.4 is 0 Å². The minimum absolute atomic E-state index is 0.273. The lowest BCUT2D eigenvalue weighted by molar-refractivity contribution is -0.142. The Labute approximate surface area is 125 Å². The molecule has 2 aromatic rings. The van der Waals surface area contributed by atoms with Gasteiger partial charge < -0.3 is 14.4 Å². The predicted octanol–water partition coefficient (Wildman–Crippen LogP) is 2.73. The fourth-order valence-electron chi connectivity index (χ4n) is 2.76. The molecule has 0 saturated carbocycles. The second-order valence-electron chi connectivity index (χ2n) is 4.90. The summed E-state index contributed by atoms with van der Waals surface area (Å²) in [5.41, 5.74) is 1.19. The number of aliphatic carboxylic acids is 1. The topological polar surface area (TPSA) is 70.8 Å². The summed E-state index contributed by atoms with van der Waals surface area (Å²) in [7, 11) is 0. The average Bonchev–Trinajstić information content (AvgIpc) is 3.13. The Bertz CT molecular complexity index is 687. The summed E-state index contributed by atoms with van der Waals surface area (Å²) in [6.45, 7) is 2.31. The highest BCUT2D eigenvalue weighted by molar-refractivity contribution is 7.10. The SMILES string of the molecule is CCc1occc1C(=O)N1CCc2sccc2C1C(=O)O. The van der Waals surface area contributed by atoms with E-state index in [4.69, 9.17) is 4.42 Å². The molecular weight excluding hydrogens is 290 g/mol. The van der Waals surface area contributed by atoms with Crippen molar-refractivity contribution < 1.29 is 19.1 Å². The van der Waals surface area contributed by atoms with Gasteiger partial charge in [0.2, 0.25) is 0 Å². The lowest BCUT2D eigenvalue weighted by Gasteiger charge is -2.33. The van der Waals surface area contributed by atoms with Crippen LogP contribution in [-0.4, -0.2) is 28.4 Å². The Morgan fingerprint density at radius 2 is 2.29 bits per heavy atom. The number of carboxylic acids is 1. The summed E-state index contributed by atoms with van der Waals surface area (Å²) >= 11 is 1.55. The zero-order valence-corrected chi connectivity index (χ0v) is 12.4. The van der Waals surface area contributed by atoms with E-state index in [1.54, 1.807) is 23.5 Å². The zero-order chi connectivity index (χ0) is 15.0. The highest BCUT2D eigenvalue weighted by Gasteiger charge is 2.37. The van der Waals surface area contributed by atoms with Gasteiger partial charge in [-0.3, -0.25) is 4.79 Å². The van der Waals surface area contributed by atoms with Crippen molar-refractivity contribution in [1.29, 1.82) is 0 Å². The molecule has 5 nitrogen and oxygen atoms in total. The monoisotopic (exact) mass is 305 g/mol. The first-order valence-electron chi connectivity index (χ1n) is 6.80. The number of hydrogen-bond acceptors (Lipinski definition) is 4. The fourth-order valence-corrected chi connectivity index (χ4v) is 3.66. The standard InChI is InChI=1S/C15H15NO4S/c1-2-11-9(4-7-20-11)14(17)16-6-3-12-10(5-8-21-12)13(16)15(18)19/h4-5,7-8,13H,2-3,6H2,1H3,(H,18,19). The molecule has 0 fully saturated rings. The lowest BCUT2D eigenvalue weighted by atomic mass is 9.99. The Balaban J connectivity index is 1.98. The van der Waals surface area contributed by atoms with Crippen molar-refractivity contribution in [3.8, 4) is 0 Å². The van der Waals surface area contributed by atoms with Crippen LogP contribution in [0.25, 0.3) is 0 Å². The molecule has 1 aliphatic heterocycles. The minimum atomic E-state index is -0.996. The molecule has 21 heavy (non-hydrogen) atoms. The number of fused-ring (bicyclic) bond motifs is 1. The van der Waals surface area contributed by atoms with Gasteiger partial charge in [-0.15, -0.1) is 11.3 Å². The summed E-state index contributed by atoms with van der Waals surface area (Å²) in [6, 6.07) is 2.50. The fraction of sp³-hybridized carbons (Fsp3) is 0.333. The molecule has 2 aromatic heterocycles. The molecule has 1 unspecified atom stereocenters. The van der Waals surface area contributed by atoms with Crippen molar-refractivity contribution in [2.24, 2.45) is 0 Å². The van der Waals surface area contributed by atoms with Gasteiger partial charge in [-0.25, -0.2) is 4.79 Å². The molecule has 3 rings (SSSR count). The molecule has 1 atom stereocenters. The largest absolute Gasteiger partial charge is 0.479 e. The van der Waals surface area contributed by atoms with Crippen molar-refractivity contribution in [3.05, 3.63) is 45.5 Å². The number of carboxylic acid groups (broad SMARTS) is 1. The van der Waals surface area contributed by atoms with Crippen LogP contribution in [0.3, 0.4) is 0 Å². The van der Waals surface area contributed by atoms with Gasteiger partial charge in [0.15, 0.2) is 6.04 Å². The van der Waals surface area contributed by atoms with Crippen LogP contribution in [0.1, 0.15) is 39.5 Å². The van der Waals surface area contributed by atoms with Crippen molar-refractivity contribution >= 4 is 23.2 Å². The molecule has 0 saturated heterocycles. The molecule has 0 aromatic carbocycles. The normalized spacial score (nSPS) is 17.6. The van der Waals surface area contributed by atoms with Gasteiger partial charge in [0, 0.05) is 17.8 Å². The van der Waals surface area contributed by atoms with E-state index in [9.17, 15) is 14.7 Å². The average molecular weight is 305 g/mol. The molecule has 1 aliphatic rings. The number of furan rings is 1. The van der Waals surface area contributed by atoms with Gasteiger partial charge in [-0.2, -0.15) is 0 Å². The second-order valence-corrected chi connectivity index (χ2v) is 5.90. The van der Waals surface area contributed by atoms with Crippen molar-refractivity contribution in [2.45, 2.75) is 25.8 Å². The number of amides is 1. The third kappa shape index (κ3) is 2.25. The molecule has 0 radical (unpaired) electrons. The lowest BCUT2D eigenvalue weighted by Crippen LogP contribution is -2.43. The van der Waals surface area contributed by atoms with Crippen molar-refractivity contribution in [1.82, 2.24) is 4.90 Å². The molecule has 0 spiro atoms. The minimum Gasteiger partial charge on any atom is -0.479 e. The predicted molar refractivity (Wildman–Crippen MR) is 77.5 cm³/mol. The molecule has 0 aliphatic carbocycles. The number of carbonyl (C=O) groups excluding carboxylic acids is 1.